The first-order valence-corrected chi connectivity index (χ1v) is 7.50. The third kappa shape index (κ3) is 2.55. The molecule has 0 saturated heterocycles. The van der Waals surface area contributed by atoms with Gasteiger partial charge in [0.15, 0.2) is 0 Å². The average molecular weight is 318 g/mol. The van der Waals surface area contributed by atoms with Gasteiger partial charge in [0.1, 0.15) is 23.0 Å². The maximum absolute atomic E-state index is 12.1. The summed E-state index contributed by atoms with van der Waals surface area (Å²) in [6.07, 6.45) is 0. The Balaban J connectivity index is 1.83. The van der Waals surface area contributed by atoms with E-state index < -0.39 is 5.97 Å². The molecule has 7 heteroatoms. The predicted octanol–water partition coefficient (Wildman–Crippen LogP) is 2.86. The summed E-state index contributed by atoms with van der Waals surface area (Å²) in [5, 5.41) is 0.597. The van der Waals surface area contributed by atoms with Crippen molar-refractivity contribution in [2.45, 2.75) is 27.4 Å². The van der Waals surface area contributed by atoms with Gasteiger partial charge in [0.25, 0.3) is 5.56 Å². The first kappa shape index (κ1) is 14.5. The zero-order valence-electron chi connectivity index (χ0n) is 12.4. The summed E-state index contributed by atoms with van der Waals surface area (Å²) in [5.74, 6) is 0.484. The molecule has 3 aromatic rings. The molecule has 0 saturated carbocycles. The fourth-order valence-electron chi connectivity index (χ4n) is 2.12. The fraction of sp³-hybridized carbons (Fsp3) is 0.267. The van der Waals surface area contributed by atoms with Crippen LogP contribution in [0, 0.1) is 20.8 Å². The Morgan fingerprint density at radius 2 is 2.14 bits per heavy atom. The number of H-pyrrole nitrogens is 1. The van der Waals surface area contributed by atoms with Crippen LogP contribution in [0.4, 0.5) is 0 Å². The van der Waals surface area contributed by atoms with Gasteiger partial charge in [0, 0.05) is 4.88 Å². The van der Waals surface area contributed by atoms with Crippen molar-refractivity contribution < 1.29 is 13.9 Å². The molecule has 3 aromatic heterocycles. The molecule has 0 fully saturated rings. The highest BCUT2D eigenvalue weighted by molar-refractivity contribution is 7.18. The van der Waals surface area contributed by atoms with Crippen molar-refractivity contribution in [2.75, 3.05) is 0 Å². The van der Waals surface area contributed by atoms with Crippen LogP contribution < -0.4 is 5.56 Å². The van der Waals surface area contributed by atoms with Crippen LogP contribution in [-0.2, 0) is 11.3 Å². The maximum atomic E-state index is 12.1. The highest BCUT2D eigenvalue weighted by atomic mass is 32.1. The topological polar surface area (TPSA) is 85.2 Å². The van der Waals surface area contributed by atoms with Gasteiger partial charge in [-0.2, -0.15) is 0 Å². The van der Waals surface area contributed by atoms with Crippen molar-refractivity contribution in [1.29, 1.82) is 0 Å². The van der Waals surface area contributed by atoms with Crippen LogP contribution in [-0.4, -0.2) is 15.9 Å². The van der Waals surface area contributed by atoms with Crippen LogP contribution in [0.15, 0.2) is 21.3 Å². The Hall–Kier alpha value is -2.41. The molecular weight excluding hydrogens is 304 g/mol. The van der Waals surface area contributed by atoms with Crippen molar-refractivity contribution in [3.8, 4) is 0 Å². The first-order chi connectivity index (χ1) is 10.5. The van der Waals surface area contributed by atoms with Crippen molar-refractivity contribution in [3.05, 3.63) is 50.3 Å². The van der Waals surface area contributed by atoms with E-state index in [1.54, 1.807) is 19.1 Å². The monoisotopic (exact) mass is 318 g/mol. The van der Waals surface area contributed by atoms with Gasteiger partial charge in [-0.15, -0.1) is 11.3 Å². The van der Waals surface area contributed by atoms with Gasteiger partial charge in [0.2, 0.25) is 5.76 Å². The second kappa shape index (κ2) is 5.42. The van der Waals surface area contributed by atoms with Crippen LogP contribution in [0.5, 0.6) is 0 Å². The van der Waals surface area contributed by atoms with Crippen LogP contribution >= 0.6 is 11.3 Å². The molecule has 0 bridgehead atoms. The first-order valence-electron chi connectivity index (χ1n) is 6.68. The Morgan fingerprint density at radius 1 is 1.36 bits per heavy atom. The van der Waals surface area contributed by atoms with Crippen molar-refractivity contribution in [3.63, 3.8) is 0 Å². The molecule has 0 amide bonds. The van der Waals surface area contributed by atoms with Gasteiger partial charge in [0.05, 0.1) is 5.39 Å². The molecule has 6 nitrogen and oxygen atoms in total. The fourth-order valence-corrected chi connectivity index (χ4v) is 3.17. The number of furan rings is 1. The van der Waals surface area contributed by atoms with Crippen molar-refractivity contribution in [1.82, 2.24) is 9.97 Å². The van der Waals surface area contributed by atoms with Crippen LogP contribution in [0.1, 0.15) is 32.6 Å². The number of hydrogen-bond donors (Lipinski definition) is 1. The van der Waals surface area contributed by atoms with Crippen LogP contribution in [0.2, 0.25) is 0 Å². The maximum Gasteiger partial charge on any atom is 0.374 e. The number of aryl methyl sites for hydroxylation is 3. The molecule has 0 radical (unpaired) electrons. The number of fused-ring (bicyclic) bond motifs is 1. The molecular formula is C15H14N2O4S. The Labute approximate surface area is 129 Å². The van der Waals surface area contributed by atoms with E-state index in [9.17, 15) is 9.59 Å². The van der Waals surface area contributed by atoms with Crippen LogP contribution in [0.3, 0.4) is 0 Å². The van der Waals surface area contributed by atoms with Crippen molar-refractivity contribution >= 4 is 27.5 Å². The van der Waals surface area contributed by atoms with E-state index in [0.29, 0.717) is 21.8 Å². The number of aromatic nitrogens is 2. The number of carbonyl (C=O) groups excluding carboxylic acids is 1. The number of esters is 1. The molecule has 0 aliphatic heterocycles. The normalized spacial score (nSPS) is 11.0. The van der Waals surface area contributed by atoms with Gasteiger partial charge in [-0.1, -0.05) is 0 Å². The number of ether oxygens (including phenoxy) is 1. The summed E-state index contributed by atoms with van der Waals surface area (Å²) >= 11 is 1.45. The van der Waals surface area contributed by atoms with E-state index in [4.69, 9.17) is 9.15 Å². The number of aromatic amines is 1. The summed E-state index contributed by atoms with van der Waals surface area (Å²) in [4.78, 5) is 32.6. The molecule has 3 heterocycles. The lowest BCUT2D eigenvalue weighted by Crippen LogP contribution is -2.14. The minimum atomic E-state index is -0.589. The number of carbonyl (C=O) groups is 1. The lowest BCUT2D eigenvalue weighted by atomic mass is 10.2. The molecule has 0 spiro atoms. The van der Waals surface area contributed by atoms with E-state index in [-0.39, 0.29) is 17.9 Å². The smallest absolute Gasteiger partial charge is 0.374 e. The Bertz CT molecular complexity index is 919. The highest BCUT2D eigenvalue weighted by Crippen LogP contribution is 2.25. The quantitative estimate of drug-likeness (QED) is 0.751. The third-order valence-corrected chi connectivity index (χ3v) is 4.47. The number of rotatable bonds is 3. The van der Waals surface area contributed by atoms with E-state index in [1.165, 1.54) is 11.3 Å². The minimum Gasteiger partial charge on any atom is -0.454 e. The molecule has 0 aliphatic carbocycles. The van der Waals surface area contributed by atoms with E-state index in [2.05, 4.69) is 9.97 Å². The molecule has 0 aliphatic rings. The number of thiophene rings is 1. The van der Waals surface area contributed by atoms with Gasteiger partial charge in [-0.25, -0.2) is 9.78 Å². The molecule has 1 N–H and O–H groups in total. The summed E-state index contributed by atoms with van der Waals surface area (Å²) < 4.78 is 10.3. The van der Waals surface area contributed by atoms with E-state index in [0.717, 1.165) is 10.4 Å². The number of hydrogen-bond acceptors (Lipinski definition) is 6. The summed E-state index contributed by atoms with van der Waals surface area (Å²) in [5.41, 5.74) is 0.718. The van der Waals surface area contributed by atoms with E-state index >= 15 is 0 Å². The molecule has 0 atom stereocenters. The molecule has 3 rings (SSSR count). The lowest BCUT2D eigenvalue weighted by Gasteiger charge is -2.02. The Morgan fingerprint density at radius 3 is 2.82 bits per heavy atom. The lowest BCUT2D eigenvalue weighted by molar-refractivity contribution is 0.0424. The second-order valence-corrected chi connectivity index (χ2v) is 6.17. The number of nitrogens with one attached hydrogen (secondary N) is 1. The van der Waals surface area contributed by atoms with Gasteiger partial charge in [-0.3, -0.25) is 4.79 Å². The minimum absolute atomic E-state index is 0.111. The largest absolute Gasteiger partial charge is 0.454 e. The average Bonchev–Trinajstić information content (AvgIpc) is 3.01. The second-order valence-electron chi connectivity index (χ2n) is 4.96. The highest BCUT2D eigenvalue weighted by Gasteiger charge is 2.15. The molecule has 22 heavy (non-hydrogen) atoms. The Kier molecular flexibility index (Phi) is 3.58. The van der Waals surface area contributed by atoms with E-state index in [1.807, 2.05) is 13.8 Å². The van der Waals surface area contributed by atoms with Gasteiger partial charge < -0.3 is 14.1 Å². The third-order valence-electron chi connectivity index (χ3n) is 3.37. The van der Waals surface area contributed by atoms with Gasteiger partial charge in [-0.05, 0) is 38.5 Å². The standard InChI is InChI=1S/C15H14N2O4S/c1-7-4-5-10(21-7)15(19)20-6-11-16-13(18)12-8(2)9(3)22-14(12)17-11/h4-5H,6H2,1-3H3,(H,16,17,18). The zero-order valence-corrected chi connectivity index (χ0v) is 13.2. The predicted molar refractivity (Wildman–Crippen MR) is 82.3 cm³/mol. The SMILES string of the molecule is Cc1ccc(C(=O)OCc2nc3sc(C)c(C)c3c(=O)[nH]2)o1. The summed E-state index contributed by atoms with van der Waals surface area (Å²) in [6, 6.07) is 3.23. The van der Waals surface area contributed by atoms with Crippen LogP contribution in [0.25, 0.3) is 10.2 Å². The summed E-state index contributed by atoms with van der Waals surface area (Å²) in [7, 11) is 0. The number of nitrogens with zero attached hydrogens (tertiary/aromatic N) is 1. The summed E-state index contributed by atoms with van der Waals surface area (Å²) in [6.45, 7) is 5.47. The molecule has 114 valence electrons. The molecule has 0 unspecified atom stereocenters. The molecule has 0 aromatic carbocycles. The van der Waals surface area contributed by atoms with Crippen molar-refractivity contribution in [2.24, 2.45) is 0 Å². The van der Waals surface area contributed by atoms with Gasteiger partial charge >= 0.3 is 5.97 Å². The zero-order chi connectivity index (χ0) is 15.9.